The Hall–Kier alpha value is -2.34. The third-order valence-electron chi connectivity index (χ3n) is 4.43. The Morgan fingerprint density at radius 2 is 2.13 bits per heavy atom. The van der Waals surface area contributed by atoms with E-state index in [2.05, 4.69) is 10.4 Å². The third kappa shape index (κ3) is 3.22. The summed E-state index contributed by atoms with van der Waals surface area (Å²) in [5.41, 5.74) is 2.01. The van der Waals surface area contributed by atoms with Gasteiger partial charge in [0.2, 0.25) is 0 Å². The number of aromatic nitrogens is 2. The average Bonchev–Trinajstić information content (AvgIpc) is 2.98. The largest absolute Gasteiger partial charge is 0.391 e. The van der Waals surface area contributed by atoms with Crippen LogP contribution in [0.5, 0.6) is 0 Å². The molecule has 3 rings (SSSR count). The van der Waals surface area contributed by atoms with E-state index in [4.69, 9.17) is 0 Å². The summed E-state index contributed by atoms with van der Waals surface area (Å²) < 4.78 is 1.72. The second-order valence-corrected chi connectivity index (χ2v) is 6.12. The van der Waals surface area contributed by atoms with E-state index < -0.39 is 6.10 Å². The lowest BCUT2D eigenvalue weighted by molar-refractivity contribution is 0.0463. The number of piperidine rings is 1. The highest BCUT2D eigenvalue weighted by Crippen LogP contribution is 2.20. The van der Waals surface area contributed by atoms with Gasteiger partial charge in [0, 0.05) is 19.2 Å². The van der Waals surface area contributed by atoms with Gasteiger partial charge in [0.25, 0.3) is 0 Å². The maximum atomic E-state index is 12.4. The van der Waals surface area contributed by atoms with Gasteiger partial charge >= 0.3 is 6.03 Å². The number of rotatable bonds is 2. The summed E-state index contributed by atoms with van der Waals surface area (Å²) in [7, 11) is 0. The van der Waals surface area contributed by atoms with E-state index in [1.807, 2.05) is 38.1 Å². The molecule has 0 saturated carbocycles. The number of urea groups is 1. The van der Waals surface area contributed by atoms with Crippen LogP contribution >= 0.6 is 0 Å². The minimum Gasteiger partial charge on any atom is -0.391 e. The number of nitrogens with one attached hydrogen (secondary N) is 1. The van der Waals surface area contributed by atoms with Crippen molar-refractivity contribution in [1.29, 1.82) is 0 Å². The van der Waals surface area contributed by atoms with Gasteiger partial charge in [-0.3, -0.25) is 5.32 Å². The standard InChI is InChI=1S/C17H22N4O2/c1-12-5-3-4-6-14(12)21-16(7-9-18-21)19-17(23)20-10-8-13(2)15(22)11-20/h3-7,9,13,15,22H,8,10-11H2,1-2H3,(H,19,23). The summed E-state index contributed by atoms with van der Waals surface area (Å²) >= 11 is 0. The van der Waals surface area contributed by atoms with Gasteiger partial charge in [-0.15, -0.1) is 0 Å². The van der Waals surface area contributed by atoms with Crippen LogP contribution < -0.4 is 5.32 Å². The van der Waals surface area contributed by atoms with E-state index in [-0.39, 0.29) is 11.9 Å². The van der Waals surface area contributed by atoms with Gasteiger partial charge in [-0.1, -0.05) is 25.1 Å². The smallest absolute Gasteiger partial charge is 0.323 e. The number of hydrogen-bond acceptors (Lipinski definition) is 3. The van der Waals surface area contributed by atoms with Gasteiger partial charge in [-0.25, -0.2) is 9.48 Å². The Morgan fingerprint density at radius 3 is 2.87 bits per heavy atom. The molecule has 1 fully saturated rings. The van der Waals surface area contributed by atoms with Crippen molar-refractivity contribution in [3.63, 3.8) is 0 Å². The molecule has 2 heterocycles. The summed E-state index contributed by atoms with van der Waals surface area (Å²) in [5.74, 6) is 0.856. The van der Waals surface area contributed by atoms with Crippen LogP contribution in [0.4, 0.5) is 10.6 Å². The molecule has 0 spiro atoms. The molecule has 2 atom stereocenters. The van der Waals surface area contributed by atoms with Crippen LogP contribution in [0, 0.1) is 12.8 Å². The molecule has 2 N–H and O–H groups in total. The fourth-order valence-electron chi connectivity index (χ4n) is 2.81. The predicted octanol–water partition coefficient (Wildman–Crippen LogP) is 2.42. The zero-order chi connectivity index (χ0) is 16.4. The lowest BCUT2D eigenvalue weighted by Gasteiger charge is -2.34. The van der Waals surface area contributed by atoms with Crippen molar-refractivity contribution in [2.75, 3.05) is 18.4 Å². The number of likely N-dealkylation sites (tertiary alicyclic amines) is 1. The van der Waals surface area contributed by atoms with E-state index >= 15 is 0 Å². The molecule has 0 bridgehead atoms. The normalized spacial score (nSPS) is 21.3. The van der Waals surface area contributed by atoms with Crippen LogP contribution in [0.3, 0.4) is 0 Å². The fraction of sp³-hybridized carbons (Fsp3) is 0.412. The van der Waals surface area contributed by atoms with Crippen molar-refractivity contribution < 1.29 is 9.90 Å². The molecular weight excluding hydrogens is 292 g/mol. The van der Waals surface area contributed by atoms with Gasteiger partial charge in [0.1, 0.15) is 5.82 Å². The number of amides is 2. The Balaban J connectivity index is 1.76. The highest BCUT2D eigenvalue weighted by molar-refractivity contribution is 5.88. The molecular formula is C17H22N4O2. The van der Waals surface area contributed by atoms with E-state index in [1.165, 1.54) is 0 Å². The van der Waals surface area contributed by atoms with Gasteiger partial charge in [0.05, 0.1) is 18.0 Å². The molecule has 0 radical (unpaired) electrons. The van der Waals surface area contributed by atoms with Crippen molar-refractivity contribution in [3.8, 4) is 5.69 Å². The monoisotopic (exact) mass is 314 g/mol. The first-order valence-electron chi connectivity index (χ1n) is 7.90. The molecule has 1 aromatic heterocycles. The number of aliphatic hydroxyl groups is 1. The molecule has 122 valence electrons. The van der Waals surface area contributed by atoms with Crippen molar-refractivity contribution in [2.24, 2.45) is 5.92 Å². The Labute approximate surface area is 135 Å². The number of β-amino-alcohol motifs (C(OH)–C–C–N with tert-alkyl or cyclic N) is 1. The first-order chi connectivity index (χ1) is 11.1. The molecule has 1 aliphatic heterocycles. The van der Waals surface area contributed by atoms with Crippen molar-refractivity contribution in [2.45, 2.75) is 26.4 Å². The maximum absolute atomic E-state index is 12.4. The average molecular weight is 314 g/mol. The number of carbonyl (C=O) groups excluding carboxylic acids is 1. The van der Waals surface area contributed by atoms with Gasteiger partial charge in [0.15, 0.2) is 0 Å². The summed E-state index contributed by atoms with van der Waals surface area (Å²) in [4.78, 5) is 14.1. The van der Waals surface area contributed by atoms with Gasteiger partial charge in [-0.05, 0) is 30.9 Å². The molecule has 6 nitrogen and oxygen atoms in total. The van der Waals surface area contributed by atoms with Crippen molar-refractivity contribution in [1.82, 2.24) is 14.7 Å². The maximum Gasteiger partial charge on any atom is 0.323 e. The minimum atomic E-state index is -0.462. The molecule has 1 saturated heterocycles. The SMILES string of the molecule is Cc1ccccc1-n1nccc1NC(=O)N1CCC(C)C(O)C1. The van der Waals surface area contributed by atoms with Crippen LogP contribution in [-0.4, -0.2) is 45.0 Å². The van der Waals surface area contributed by atoms with E-state index in [9.17, 15) is 9.90 Å². The fourth-order valence-corrected chi connectivity index (χ4v) is 2.81. The molecule has 2 unspecified atom stereocenters. The third-order valence-corrected chi connectivity index (χ3v) is 4.43. The van der Waals surface area contributed by atoms with E-state index in [0.717, 1.165) is 17.7 Å². The first kappa shape index (κ1) is 15.6. The lowest BCUT2D eigenvalue weighted by atomic mass is 9.96. The Morgan fingerprint density at radius 1 is 1.35 bits per heavy atom. The quantitative estimate of drug-likeness (QED) is 0.894. The molecule has 23 heavy (non-hydrogen) atoms. The molecule has 2 aromatic rings. The molecule has 1 aromatic carbocycles. The molecule has 2 amide bonds. The highest BCUT2D eigenvalue weighted by Gasteiger charge is 2.27. The number of aryl methyl sites for hydroxylation is 1. The number of benzene rings is 1. The predicted molar refractivity (Wildman–Crippen MR) is 88.7 cm³/mol. The summed E-state index contributed by atoms with van der Waals surface area (Å²) in [6.45, 7) is 5.03. The Bertz CT molecular complexity index is 697. The Kier molecular flexibility index (Phi) is 4.34. The van der Waals surface area contributed by atoms with E-state index in [1.54, 1.807) is 21.8 Å². The number of anilines is 1. The lowest BCUT2D eigenvalue weighted by Crippen LogP contribution is -2.47. The molecule has 6 heteroatoms. The zero-order valence-electron chi connectivity index (χ0n) is 13.4. The van der Waals surface area contributed by atoms with E-state index in [0.29, 0.717) is 18.9 Å². The van der Waals surface area contributed by atoms with Gasteiger partial charge in [-0.2, -0.15) is 5.10 Å². The zero-order valence-corrected chi connectivity index (χ0v) is 13.4. The first-order valence-corrected chi connectivity index (χ1v) is 7.90. The van der Waals surface area contributed by atoms with Crippen LogP contribution in [-0.2, 0) is 0 Å². The summed E-state index contributed by atoms with van der Waals surface area (Å²) in [6.07, 6.45) is 2.01. The summed E-state index contributed by atoms with van der Waals surface area (Å²) in [6, 6.07) is 9.45. The summed E-state index contributed by atoms with van der Waals surface area (Å²) in [5, 5.41) is 17.2. The number of hydrogen-bond donors (Lipinski definition) is 2. The number of carbonyl (C=O) groups is 1. The second kappa shape index (κ2) is 6.42. The number of para-hydroxylation sites is 1. The highest BCUT2D eigenvalue weighted by atomic mass is 16.3. The second-order valence-electron chi connectivity index (χ2n) is 6.12. The van der Waals surface area contributed by atoms with Gasteiger partial charge < -0.3 is 10.0 Å². The van der Waals surface area contributed by atoms with Crippen LogP contribution in [0.1, 0.15) is 18.9 Å². The topological polar surface area (TPSA) is 70.4 Å². The molecule has 1 aliphatic rings. The van der Waals surface area contributed by atoms with Crippen LogP contribution in [0.25, 0.3) is 5.69 Å². The van der Waals surface area contributed by atoms with Crippen molar-refractivity contribution >= 4 is 11.8 Å². The minimum absolute atomic E-state index is 0.203. The van der Waals surface area contributed by atoms with Crippen LogP contribution in [0.2, 0.25) is 0 Å². The van der Waals surface area contributed by atoms with Crippen LogP contribution in [0.15, 0.2) is 36.5 Å². The number of aliphatic hydroxyl groups excluding tert-OH is 1. The van der Waals surface area contributed by atoms with Crippen molar-refractivity contribution in [3.05, 3.63) is 42.1 Å². The molecule has 0 aliphatic carbocycles. The number of nitrogens with zero attached hydrogens (tertiary/aromatic N) is 3.